The number of nitrogens with one attached hydrogen (secondary N) is 1. The van der Waals surface area contributed by atoms with Gasteiger partial charge < -0.3 is 14.8 Å². The van der Waals surface area contributed by atoms with E-state index in [4.69, 9.17) is 9.47 Å². The van der Waals surface area contributed by atoms with Crippen LogP contribution < -0.4 is 10.1 Å². The van der Waals surface area contributed by atoms with Crippen LogP contribution in [0.5, 0.6) is 5.88 Å². The molecule has 1 aromatic heterocycles. The van der Waals surface area contributed by atoms with E-state index in [-0.39, 0.29) is 12.3 Å². The van der Waals surface area contributed by atoms with E-state index in [1.54, 1.807) is 19.1 Å². The predicted octanol–water partition coefficient (Wildman–Crippen LogP) is 3.48. The van der Waals surface area contributed by atoms with Gasteiger partial charge in [0.25, 0.3) is 5.91 Å². The van der Waals surface area contributed by atoms with Crippen LogP contribution in [0.2, 0.25) is 0 Å². The Morgan fingerprint density at radius 2 is 1.96 bits per heavy atom. The number of hydrogen-bond donors (Lipinski definition) is 1. The first kappa shape index (κ1) is 19.7. The molecule has 1 aromatic rings. The zero-order chi connectivity index (χ0) is 18.4. The van der Waals surface area contributed by atoms with E-state index in [0.29, 0.717) is 35.7 Å². The lowest BCUT2D eigenvalue weighted by Crippen LogP contribution is -2.54. The average Bonchev–Trinajstić information content (AvgIpc) is 3.43. The molecule has 2 rings (SSSR count). The minimum absolute atomic E-state index is 0.213. The third-order valence-corrected chi connectivity index (χ3v) is 5.03. The molecular weight excluding hydrogens is 388 g/mol. The van der Waals surface area contributed by atoms with Gasteiger partial charge in [-0.3, -0.25) is 4.79 Å². The summed E-state index contributed by atoms with van der Waals surface area (Å²) in [7, 11) is 0. The lowest BCUT2D eigenvalue weighted by atomic mass is 9.92. The maximum absolute atomic E-state index is 12.6. The van der Waals surface area contributed by atoms with Crippen LogP contribution in [0.4, 0.5) is 0 Å². The number of hydrogen-bond acceptors (Lipinski definition) is 5. The lowest BCUT2D eigenvalue weighted by molar-refractivity contribution is -0.151. The molecule has 138 valence electrons. The van der Waals surface area contributed by atoms with Gasteiger partial charge in [0.15, 0.2) is 0 Å². The molecule has 0 atom stereocenters. The van der Waals surface area contributed by atoms with Gasteiger partial charge in [-0.15, -0.1) is 0 Å². The van der Waals surface area contributed by atoms with Crippen molar-refractivity contribution < 1.29 is 19.1 Å². The van der Waals surface area contributed by atoms with E-state index < -0.39 is 17.4 Å². The van der Waals surface area contributed by atoms with E-state index in [1.807, 2.05) is 13.8 Å². The highest BCUT2D eigenvalue weighted by atomic mass is 79.9. The van der Waals surface area contributed by atoms with Crippen molar-refractivity contribution in [1.29, 1.82) is 0 Å². The van der Waals surface area contributed by atoms with Crippen LogP contribution in [0.15, 0.2) is 16.6 Å². The Balaban J connectivity index is 2.14. The molecule has 0 aliphatic heterocycles. The SMILES string of the molecule is CCOC(=O)C(CC)(CC)NC(=O)c1ccc(Br)c(OCC2CC2)n1. The van der Waals surface area contributed by atoms with E-state index >= 15 is 0 Å². The number of halogens is 1. The third kappa shape index (κ3) is 4.93. The summed E-state index contributed by atoms with van der Waals surface area (Å²) in [4.78, 5) is 29.3. The summed E-state index contributed by atoms with van der Waals surface area (Å²) in [5, 5.41) is 2.81. The number of nitrogens with zero attached hydrogens (tertiary/aromatic N) is 1. The molecule has 1 amide bonds. The summed E-state index contributed by atoms with van der Waals surface area (Å²) in [5.41, 5.74) is -0.832. The van der Waals surface area contributed by atoms with E-state index in [1.165, 1.54) is 12.8 Å². The van der Waals surface area contributed by atoms with Crippen molar-refractivity contribution in [2.24, 2.45) is 5.92 Å². The highest BCUT2D eigenvalue weighted by Crippen LogP contribution is 2.31. The predicted molar refractivity (Wildman–Crippen MR) is 97.6 cm³/mol. The Kier molecular flexibility index (Phi) is 6.81. The first-order valence-corrected chi connectivity index (χ1v) is 9.54. The van der Waals surface area contributed by atoms with Gasteiger partial charge in [0.1, 0.15) is 11.2 Å². The summed E-state index contributed by atoms with van der Waals surface area (Å²) in [6.45, 7) is 6.31. The molecule has 7 heteroatoms. The monoisotopic (exact) mass is 412 g/mol. The molecular formula is C18H25BrN2O4. The van der Waals surface area contributed by atoms with E-state index in [0.717, 1.165) is 0 Å². The molecule has 1 heterocycles. The van der Waals surface area contributed by atoms with Gasteiger partial charge in [-0.05, 0) is 66.6 Å². The zero-order valence-electron chi connectivity index (χ0n) is 14.9. The summed E-state index contributed by atoms with van der Waals surface area (Å²) in [5.74, 6) is 0.147. The van der Waals surface area contributed by atoms with Crippen LogP contribution in [0.25, 0.3) is 0 Å². The molecule has 1 fully saturated rings. The Morgan fingerprint density at radius 3 is 2.52 bits per heavy atom. The van der Waals surface area contributed by atoms with Crippen LogP contribution in [-0.2, 0) is 9.53 Å². The molecule has 1 aliphatic carbocycles. The number of esters is 1. The average molecular weight is 413 g/mol. The normalized spacial score (nSPS) is 14.1. The maximum atomic E-state index is 12.6. The number of carbonyl (C=O) groups is 2. The highest BCUT2D eigenvalue weighted by Gasteiger charge is 2.38. The van der Waals surface area contributed by atoms with Gasteiger partial charge in [-0.25, -0.2) is 9.78 Å². The van der Waals surface area contributed by atoms with Gasteiger partial charge in [-0.1, -0.05) is 13.8 Å². The van der Waals surface area contributed by atoms with Gasteiger partial charge >= 0.3 is 5.97 Å². The quantitative estimate of drug-likeness (QED) is 0.628. The fourth-order valence-corrected chi connectivity index (χ4v) is 2.78. The minimum atomic E-state index is -1.04. The topological polar surface area (TPSA) is 77.5 Å². The van der Waals surface area contributed by atoms with Gasteiger partial charge in [0.2, 0.25) is 5.88 Å². The van der Waals surface area contributed by atoms with Crippen LogP contribution in [-0.4, -0.2) is 35.6 Å². The van der Waals surface area contributed by atoms with Crippen LogP contribution in [0.1, 0.15) is 56.9 Å². The molecule has 0 bridgehead atoms. The maximum Gasteiger partial charge on any atom is 0.331 e. The lowest BCUT2D eigenvalue weighted by Gasteiger charge is -2.30. The molecule has 6 nitrogen and oxygen atoms in total. The van der Waals surface area contributed by atoms with Crippen molar-refractivity contribution in [3.8, 4) is 5.88 Å². The fraction of sp³-hybridized carbons (Fsp3) is 0.611. The molecule has 0 unspecified atom stereocenters. The Morgan fingerprint density at radius 1 is 1.28 bits per heavy atom. The van der Waals surface area contributed by atoms with Gasteiger partial charge in [-0.2, -0.15) is 0 Å². The summed E-state index contributed by atoms with van der Waals surface area (Å²) >= 11 is 3.39. The second kappa shape index (κ2) is 8.65. The van der Waals surface area contributed by atoms with Crippen molar-refractivity contribution >= 4 is 27.8 Å². The van der Waals surface area contributed by atoms with Crippen molar-refractivity contribution in [2.75, 3.05) is 13.2 Å². The van der Waals surface area contributed by atoms with Crippen molar-refractivity contribution in [3.63, 3.8) is 0 Å². The number of rotatable bonds is 9. The molecule has 0 aromatic carbocycles. The Hall–Kier alpha value is -1.63. The standard InChI is InChI=1S/C18H25BrN2O4/c1-4-18(5-2,17(23)24-6-3)21-15(22)14-10-9-13(19)16(20-14)25-11-12-7-8-12/h9-10,12H,4-8,11H2,1-3H3,(H,21,22). The number of ether oxygens (including phenoxy) is 2. The smallest absolute Gasteiger partial charge is 0.331 e. The molecule has 1 N–H and O–H groups in total. The molecule has 1 saturated carbocycles. The second-order valence-corrected chi connectivity index (χ2v) is 7.06. The van der Waals surface area contributed by atoms with E-state index in [9.17, 15) is 9.59 Å². The van der Waals surface area contributed by atoms with Gasteiger partial charge in [0.05, 0.1) is 17.7 Å². The van der Waals surface area contributed by atoms with Crippen LogP contribution >= 0.6 is 15.9 Å². The number of carbonyl (C=O) groups excluding carboxylic acids is 2. The molecule has 25 heavy (non-hydrogen) atoms. The number of pyridine rings is 1. The van der Waals surface area contributed by atoms with Crippen LogP contribution in [0.3, 0.4) is 0 Å². The summed E-state index contributed by atoms with van der Waals surface area (Å²) in [6, 6.07) is 3.33. The molecule has 0 spiro atoms. The minimum Gasteiger partial charge on any atom is -0.477 e. The van der Waals surface area contributed by atoms with Crippen molar-refractivity contribution in [1.82, 2.24) is 10.3 Å². The first-order chi connectivity index (χ1) is 12.0. The second-order valence-electron chi connectivity index (χ2n) is 6.20. The largest absolute Gasteiger partial charge is 0.477 e. The molecule has 0 saturated heterocycles. The van der Waals surface area contributed by atoms with Crippen molar-refractivity contribution in [3.05, 3.63) is 22.3 Å². The van der Waals surface area contributed by atoms with Crippen LogP contribution in [0, 0.1) is 5.92 Å². The first-order valence-electron chi connectivity index (χ1n) is 8.74. The molecule has 1 aliphatic rings. The Bertz CT molecular complexity index is 628. The Labute approximate surface area is 156 Å². The van der Waals surface area contributed by atoms with Crippen molar-refractivity contribution in [2.45, 2.75) is 52.0 Å². The summed E-state index contributed by atoms with van der Waals surface area (Å²) in [6.07, 6.45) is 3.23. The number of aromatic nitrogens is 1. The fourth-order valence-electron chi connectivity index (χ4n) is 2.45. The van der Waals surface area contributed by atoms with E-state index in [2.05, 4.69) is 26.2 Å². The third-order valence-electron chi connectivity index (χ3n) is 4.43. The van der Waals surface area contributed by atoms with Gasteiger partial charge in [0, 0.05) is 0 Å². The number of amides is 1. The summed E-state index contributed by atoms with van der Waals surface area (Å²) < 4.78 is 11.5. The highest BCUT2D eigenvalue weighted by molar-refractivity contribution is 9.10. The zero-order valence-corrected chi connectivity index (χ0v) is 16.5. The molecule has 0 radical (unpaired) electrons.